The number of nitrogens with zero attached hydrogens (tertiary/aromatic N) is 3. The molecule has 0 saturated carbocycles. The highest BCUT2D eigenvalue weighted by molar-refractivity contribution is 5.92. The van der Waals surface area contributed by atoms with Crippen molar-refractivity contribution in [2.24, 2.45) is 7.05 Å². The first-order valence-corrected chi connectivity index (χ1v) is 11.3. The minimum absolute atomic E-state index is 0.214. The van der Waals surface area contributed by atoms with Crippen LogP contribution in [0.25, 0.3) is 10.9 Å². The van der Waals surface area contributed by atoms with Crippen molar-refractivity contribution in [1.29, 1.82) is 0 Å². The van der Waals surface area contributed by atoms with Gasteiger partial charge in [-0.3, -0.25) is 4.79 Å². The van der Waals surface area contributed by atoms with Crippen LogP contribution < -0.4 is 4.90 Å². The number of benzene rings is 1. The maximum absolute atomic E-state index is 12.2. The molecule has 0 unspecified atom stereocenters. The Morgan fingerprint density at radius 1 is 0.938 bits per heavy atom. The lowest BCUT2D eigenvalue weighted by Crippen LogP contribution is -2.50. The number of hydrogen-bond acceptors (Lipinski definition) is 5. The molecule has 1 aliphatic rings. The van der Waals surface area contributed by atoms with Crippen LogP contribution in [0.3, 0.4) is 0 Å². The topological polar surface area (TPSA) is 64.0 Å². The molecule has 0 spiro atoms. The number of carbonyl (C=O) groups excluding carboxylic acids is 2. The van der Waals surface area contributed by atoms with Crippen LogP contribution in [-0.4, -0.2) is 59.4 Å². The number of ether oxygens (including phenoxy) is 2. The van der Waals surface area contributed by atoms with Gasteiger partial charge in [-0.2, -0.15) is 0 Å². The van der Waals surface area contributed by atoms with E-state index in [1.807, 2.05) is 55.4 Å². The van der Waals surface area contributed by atoms with E-state index >= 15 is 0 Å². The summed E-state index contributed by atoms with van der Waals surface area (Å²) in [5.74, 6) is 0. The fraction of sp³-hybridized carbons (Fsp3) is 0.600. The molecule has 180 valence electrons. The summed E-state index contributed by atoms with van der Waals surface area (Å²) < 4.78 is 12.2. The number of rotatable bonds is 2. The Morgan fingerprint density at radius 3 is 2.00 bits per heavy atom. The molecule has 1 aromatic heterocycles. The Bertz CT molecular complexity index is 854. The monoisotopic (exact) mass is 447 g/mol. The molecule has 3 rings (SSSR count). The van der Waals surface area contributed by atoms with E-state index in [0.29, 0.717) is 19.6 Å². The lowest BCUT2D eigenvalue weighted by Gasteiger charge is -2.37. The molecular formula is C25H41N3O4. The maximum atomic E-state index is 12.2. The molecule has 1 amide bonds. The number of para-hydroxylation sites is 1. The van der Waals surface area contributed by atoms with Gasteiger partial charge < -0.3 is 23.8 Å². The van der Waals surface area contributed by atoms with Gasteiger partial charge in [-0.1, -0.05) is 26.0 Å². The fourth-order valence-corrected chi connectivity index (χ4v) is 3.19. The van der Waals surface area contributed by atoms with Crippen LogP contribution >= 0.6 is 0 Å². The number of aromatic nitrogens is 1. The van der Waals surface area contributed by atoms with Gasteiger partial charge in [0.15, 0.2) is 0 Å². The van der Waals surface area contributed by atoms with Gasteiger partial charge in [0.25, 0.3) is 6.47 Å². The molecule has 1 fully saturated rings. The van der Waals surface area contributed by atoms with E-state index in [0.717, 1.165) is 13.1 Å². The summed E-state index contributed by atoms with van der Waals surface area (Å²) in [4.78, 5) is 25.9. The van der Waals surface area contributed by atoms with Crippen molar-refractivity contribution in [1.82, 2.24) is 9.47 Å². The van der Waals surface area contributed by atoms with E-state index < -0.39 is 5.60 Å². The second-order valence-electron chi connectivity index (χ2n) is 9.42. The number of carbonyl (C=O) groups is 2. The molecule has 1 aliphatic heterocycles. The number of aryl methyl sites for hydroxylation is 1. The third-order valence-corrected chi connectivity index (χ3v) is 4.55. The first kappa shape index (κ1) is 27.3. The molecule has 7 nitrogen and oxygen atoms in total. The second kappa shape index (κ2) is 11.8. The largest absolute Gasteiger partial charge is 0.462 e. The minimum atomic E-state index is -0.442. The Morgan fingerprint density at radius 2 is 1.53 bits per heavy atom. The van der Waals surface area contributed by atoms with Crippen LogP contribution in [0.1, 0.15) is 55.4 Å². The van der Waals surface area contributed by atoms with Gasteiger partial charge in [0.05, 0.1) is 11.2 Å². The van der Waals surface area contributed by atoms with Gasteiger partial charge >= 0.3 is 6.09 Å². The first-order valence-electron chi connectivity index (χ1n) is 11.3. The molecule has 0 N–H and O–H groups in total. The number of fused-ring (bicyclic) bond motifs is 1. The summed E-state index contributed by atoms with van der Waals surface area (Å²) in [6.07, 6.45) is 1.87. The van der Waals surface area contributed by atoms with Crippen LogP contribution in [0, 0.1) is 0 Å². The van der Waals surface area contributed by atoms with E-state index in [1.54, 1.807) is 4.90 Å². The zero-order valence-corrected chi connectivity index (χ0v) is 21.3. The fourth-order valence-electron chi connectivity index (χ4n) is 3.19. The van der Waals surface area contributed by atoms with Gasteiger partial charge in [0.2, 0.25) is 0 Å². The summed E-state index contributed by atoms with van der Waals surface area (Å²) in [5, 5.41) is 1.25. The molecule has 0 aliphatic carbocycles. The molecule has 2 aromatic rings. The summed E-state index contributed by atoms with van der Waals surface area (Å²) >= 11 is 0. The third kappa shape index (κ3) is 8.44. The van der Waals surface area contributed by atoms with E-state index in [2.05, 4.69) is 51.7 Å². The smallest absolute Gasteiger partial charge is 0.410 e. The normalized spacial score (nSPS) is 14.0. The first-order chi connectivity index (χ1) is 14.9. The van der Waals surface area contributed by atoms with Gasteiger partial charge in [-0.15, -0.1) is 0 Å². The molecule has 2 heterocycles. The van der Waals surface area contributed by atoms with E-state index in [1.165, 1.54) is 16.6 Å². The van der Waals surface area contributed by atoms with Crippen molar-refractivity contribution in [3.05, 3.63) is 30.5 Å². The van der Waals surface area contributed by atoms with Crippen molar-refractivity contribution >= 4 is 29.2 Å². The average molecular weight is 448 g/mol. The summed E-state index contributed by atoms with van der Waals surface area (Å²) in [6.45, 7) is 18.6. The van der Waals surface area contributed by atoms with Gasteiger partial charge in [0.1, 0.15) is 11.2 Å². The van der Waals surface area contributed by atoms with Crippen molar-refractivity contribution in [3.8, 4) is 0 Å². The highest BCUT2D eigenvalue weighted by Crippen LogP contribution is 2.28. The molecule has 0 radical (unpaired) electrons. The Hall–Kier alpha value is -2.70. The zero-order chi connectivity index (χ0) is 24.5. The Labute approximate surface area is 193 Å². The van der Waals surface area contributed by atoms with Crippen LogP contribution in [-0.2, 0) is 21.3 Å². The minimum Gasteiger partial charge on any atom is -0.462 e. The summed E-state index contributed by atoms with van der Waals surface area (Å²) in [6, 6.07) is 8.52. The van der Waals surface area contributed by atoms with Crippen LogP contribution in [0.15, 0.2) is 30.5 Å². The van der Waals surface area contributed by atoms with Gasteiger partial charge in [0, 0.05) is 44.8 Å². The van der Waals surface area contributed by atoms with E-state index in [-0.39, 0.29) is 11.7 Å². The number of amides is 1. The van der Waals surface area contributed by atoms with E-state index in [4.69, 9.17) is 4.74 Å². The van der Waals surface area contributed by atoms with Crippen LogP contribution in [0.2, 0.25) is 0 Å². The summed E-state index contributed by atoms with van der Waals surface area (Å²) in [7, 11) is 2.07. The van der Waals surface area contributed by atoms with Gasteiger partial charge in [-0.25, -0.2) is 4.79 Å². The molecule has 0 atom stereocenters. The Kier molecular flexibility index (Phi) is 10.1. The summed E-state index contributed by atoms with van der Waals surface area (Å²) in [5.41, 5.74) is 1.72. The van der Waals surface area contributed by atoms with E-state index in [9.17, 15) is 9.59 Å². The molecular weight excluding hydrogens is 406 g/mol. The lowest BCUT2D eigenvalue weighted by molar-refractivity contribution is -0.138. The van der Waals surface area contributed by atoms with Crippen LogP contribution in [0.4, 0.5) is 10.5 Å². The third-order valence-electron chi connectivity index (χ3n) is 4.55. The molecule has 32 heavy (non-hydrogen) atoms. The SMILES string of the molecule is CC.CC(C)(C)OC=O.Cn1ccc2cccc(N3CCN(C(=O)OC(C)(C)C)CC3)c21. The lowest BCUT2D eigenvalue weighted by atomic mass is 10.2. The van der Waals surface area contributed by atoms with Crippen molar-refractivity contribution in [2.45, 2.75) is 66.6 Å². The van der Waals surface area contributed by atoms with Crippen molar-refractivity contribution in [2.75, 3.05) is 31.1 Å². The predicted octanol–water partition coefficient (Wildman–Crippen LogP) is 5.22. The van der Waals surface area contributed by atoms with Crippen molar-refractivity contribution < 1.29 is 19.1 Å². The standard InChI is InChI=1S/C18H25N3O2.C5H10O2.C2H6/c1-18(2,3)23-17(22)21-12-10-20(11-13-21)15-7-5-6-14-8-9-19(4)16(14)15;1-5(2,3)7-4-6;1-2/h5-9H,10-13H2,1-4H3;4H,1-3H3;1-2H3. The molecule has 0 bridgehead atoms. The van der Waals surface area contributed by atoms with Crippen LogP contribution in [0.5, 0.6) is 0 Å². The highest BCUT2D eigenvalue weighted by Gasteiger charge is 2.26. The second-order valence-corrected chi connectivity index (χ2v) is 9.42. The maximum Gasteiger partial charge on any atom is 0.410 e. The molecule has 1 saturated heterocycles. The quantitative estimate of drug-likeness (QED) is 0.591. The molecule has 1 aromatic carbocycles. The number of anilines is 1. The average Bonchev–Trinajstić information content (AvgIpc) is 3.09. The Balaban J connectivity index is 0.000000488. The van der Waals surface area contributed by atoms with Gasteiger partial charge in [-0.05, 0) is 53.7 Å². The zero-order valence-electron chi connectivity index (χ0n) is 21.3. The predicted molar refractivity (Wildman–Crippen MR) is 131 cm³/mol. The molecule has 7 heteroatoms. The number of piperazine rings is 1. The highest BCUT2D eigenvalue weighted by atomic mass is 16.6. The number of hydrogen-bond donors (Lipinski definition) is 0. The van der Waals surface area contributed by atoms with Crippen molar-refractivity contribution in [3.63, 3.8) is 0 Å².